The van der Waals surface area contributed by atoms with Crippen LogP contribution in [-0.2, 0) is 4.79 Å². The number of carboxylic acid groups (broad SMARTS) is 1. The number of aromatic nitrogens is 1. The summed E-state index contributed by atoms with van der Waals surface area (Å²) in [6.07, 6.45) is 1.47. The molecule has 3 rings (SSSR count). The van der Waals surface area contributed by atoms with Gasteiger partial charge in [-0.15, -0.1) is 0 Å². The Hall–Kier alpha value is -3.46. The number of aromatic carboxylic acids is 1. The zero-order valence-corrected chi connectivity index (χ0v) is 18.6. The lowest BCUT2D eigenvalue weighted by Crippen LogP contribution is -2.50. The summed E-state index contributed by atoms with van der Waals surface area (Å²) >= 11 is 0. The first kappa shape index (κ1) is 23.2. The number of nitrogens with one attached hydrogen (secondary N) is 2. The Bertz CT molecular complexity index is 1000. The monoisotopic (exact) mass is 439 g/mol. The molecule has 2 aromatic rings. The van der Waals surface area contributed by atoms with Gasteiger partial charge in [-0.25, -0.2) is 9.78 Å². The van der Waals surface area contributed by atoms with Crippen molar-refractivity contribution in [3.8, 4) is 0 Å². The molecule has 1 aromatic heterocycles. The summed E-state index contributed by atoms with van der Waals surface area (Å²) in [6, 6.07) is 8.67. The molecule has 0 atom stereocenters. The second kappa shape index (κ2) is 10.2. The highest BCUT2D eigenvalue weighted by Crippen LogP contribution is 2.23. The Morgan fingerprint density at radius 3 is 2.47 bits per heavy atom. The molecule has 1 aromatic carbocycles. The molecule has 2 heterocycles. The summed E-state index contributed by atoms with van der Waals surface area (Å²) in [5, 5.41) is 15.3. The smallest absolute Gasteiger partial charge is 0.339 e. The molecular formula is C23H29N5O4. The molecule has 3 N–H and O–H groups in total. The summed E-state index contributed by atoms with van der Waals surface area (Å²) < 4.78 is 0. The van der Waals surface area contributed by atoms with Gasteiger partial charge in [0.15, 0.2) is 0 Å². The molecule has 0 radical (unpaired) electrons. The number of rotatable bonds is 7. The first-order valence-electron chi connectivity index (χ1n) is 10.6. The average molecular weight is 440 g/mol. The minimum atomic E-state index is -1.11. The highest BCUT2D eigenvalue weighted by Gasteiger charge is 2.24. The van der Waals surface area contributed by atoms with Crippen LogP contribution in [0.5, 0.6) is 0 Å². The minimum Gasteiger partial charge on any atom is -0.478 e. The second-order valence-electron chi connectivity index (χ2n) is 8.21. The van der Waals surface area contributed by atoms with E-state index in [1.165, 1.54) is 12.3 Å². The Morgan fingerprint density at radius 2 is 1.84 bits per heavy atom. The van der Waals surface area contributed by atoms with Gasteiger partial charge in [-0.3, -0.25) is 14.5 Å². The summed E-state index contributed by atoms with van der Waals surface area (Å²) in [4.78, 5) is 44.6. The van der Waals surface area contributed by atoms with Gasteiger partial charge in [-0.2, -0.15) is 0 Å². The fourth-order valence-corrected chi connectivity index (χ4v) is 3.61. The van der Waals surface area contributed by atoms with Gasteiger partial charge in [0, 0.05) is 37.8 Å². The van der Waals surface area contributed by atoms with Crippen LogP contribution in [0.25, 0.3) is 0 Å². The van der Waals surface area contributed by atoms with Crippen molar-refractivity contribution < 1.29 is 19.5 Å². The topological polar surface area (TPSA) is 115 Å². The molecule has 1 saturated heterocycles. The predicted octanol–water partition coefficient (Wildman–Crippen LogP) is 1.99. The van der Waals surface area contributed by atoms with Crippen molar-refractivity contribution in [2.24, 2.45) is 0 Å². The van der Waals surface area contributed by atoms with Crippen molar-refractivity contribution >= 4 is 29.3 Å². The van der Waals surface area contributed by atoms with Gasteiger partial charge in [0.25, 0.3) is 5.91 Å². The Labute approximate surface area is 187 Å². The number of nitrogens with zero attached hydrogens (tertiary/aromatic N) is 3. The Morgan fingerprint density at radius 1 is 1.12 bits per heavy atom. The molecule has 1 fully saturated rings. The number of amides is 2. The maximum Gasteiger partial charge on any atom is 0.339 e. The molecule has 2 amide bonds. The number of pyridine rings is 1. The number of hydrogen-bond acceptors (Lipinski definition) is 6. The van der Waals surface area contributed by atoms with Crippen molar-refractivity contribution in [3.63, 3.8) is 0 Å². The quantitative estimate of drug-likeness (QED) is 0.604. The van der Waals surface area contributed by atoms with Crippen molar-refractivity contribution in [2.75, 3.05) is 42.9 Å². The van der Waals surface area contributed by atoms with Gasteiger partial charge in [0.05, 0.1) is 18.4 Å². The Kier molecular flexibility index (Phi) is 7.42. The first-order chi connectivity index (χ1) is 15.2. The van der Waals surface area contributed by atoms with Crippen molar-refractivity contribution in [1.82, 2.24) is 15.2 Å². The van der Waals surface area contributed by atoms with E-state index >= 15 is 0 Å². The molecular weight excluding hydrogens is 410 g/mol. The normalized spacial score (nSPS) is 14.3. The number of carbonyl (C=O) groups is 3. The molecule has 1 aliphatic rings. The molecule has 170 valence electrons. The van der Waals surface area contributed by atoms with E-state index in [4.69, 9.17) is 0 Å². The lowest BCUT2D eigenvalue weighted by Gasteiger charge is -2.35. The first-order valence-corrected chi connectivity index (χ1v) is 10.6. The molecule has 0 aliphatic carbocycles. The number of carbonyl (C=O) groups excluding carboxylic acids is 2. The molecule has 0 unspecified atom stereocenters. The average Bonchev–Trinajstić information content (AvgIpc) is 2.73. The van der Waals surface area contributed by atoms with E-state index in [0.717, 1.165) is 5.56 Å². The van der Waals surface area contributed by atoms with Crippen LogP contribution < -0.4 is 15.5 Å². The van der Waals surface area contributed by atoms with E-state index in [-0.39, 0.29) is 23.4 Å². The highest BCUT2D eigenvalue weighted by atomic mass is 16.4. The Balaban J connectivity index is 1.67. The van der Waals surface area contributed by atoms with E-state index in [2.05, 4.69) is 15.6 Å². The summed E-state index contributed by atoms with van der Waals surface area (Å²) in [6.45, 7) is 8.40. The number of anilines is 2. The van der Waals surface area contributed by atoms with E-state index in [9.17, 15) is 19.5 Å². The lowest BCUT2D eigenvalue weighted by atomic mass is 10.1. The number of hydrogen-bond donors (Lipinski definition) is 3. The maximum absolute atomic E-state index is 12.5. The zero-order chi connectivity index (χ0) is 23.3. The predicted molar refractivity (Wildman–Crippen MR) is 122 cm³/mol. The standard InChI is InChI=1S/C23H29N5O4/c1-15(2)25-20(29)14-27-7-9-28(10-8-27)21-19(23(31)32)12-18(13-24-21)26-22(30)17-6-4-5-16(3)11-17/h4-6,11-13,15H,7-10,14H2,1-3H3,(H,25,29)(H,26,30)(H,31,32). The third-order valence-corrected chi connectivity index (χ3v) is 5.12. The maximum atomic E-state index is 12.5. The number of piperazine rings is 1. The SMILES string of the molecule is Cc1cccc(C(=O)Nc2cnc(N3CCN(CC(=O)NC(C)C)CC3)c(C(=O)O)c2)c1. The van der Waals surface area contributed by atoms with Crippen LogP contribution in [0.15, 0.2) is 36.5 Å². The third kappa shape index (κ3) is 6.04. The molecule has 0 spiro atoms. The second-order valence-corrected chi connectivity index (χ2v) is 8.21. The van der Waals surface area contributed by atoms with Crippen LogP contribution in [0.1, 0.15) is 40.1 Å². The van der Waals surface area contributed by atoms with Gasteiger partial charge in [-0.1, -0.05) is 17.7 Å². The van der Waals surface area contributed by atoms with Crippen LogP contribution in [0, 0.1) is 6.92 Å². The highest BCUT2D eigenvalue weighted by molar-refractivity contribution is 6.05. The lowest BCUT2D eigenvalue weighted by molar-refractivity contribution is -0.122. The van der Waals surface area contributed by atoms with Crippen molar-refractivity contribution in [3.05, 3.63) is 53.2 Å². The summed E-state index contributed by atoms with van der Waals surface area (Å²) in [7, 11) is 0. The van der Waals surface area contributed by atoms with Crippen molar-refractivity contribution in [1.29, 1.82) is 0 Å². The molecule has 9 heteroatoms. The van der Waals surface area contributed by atoms with Crippen LogP contribution >= 0.6 is 0 Å². The molecule has 0 bridgehead atoms. The van der Waals surface area contributed by atoms with E-state index in [0.29, 0.717) is 49.8 Å². The van der Waals surface area contributed by atoms with Gasteiger partial charge < -0.3 is 20.6 Å². The molecule has 32 heavy (non-hydrogen) atoms. The van der Waals surface area contributed by atoms with Crippen molar-refractivity contribution in [2.45, 2.75) is 26.8 Å². The van der Waals surface area contributed by atoms with Crippen LogP contribution in [0.2, 0.25) is 0 Å². The van der Waals surface area contributed by atoms with E-state index in [1.807, 2.05) is 36.6 Å². The largest absolute Gasteiger partial charge is 0.478 e. The van der Waals surface area contributed by atoms with Crippen LogP contribution in [0.4, 0.5) is 11.5 Å². The number of benzene rings is 1. The fraction of sp³-hybridized carbons (Fsp3) is 0.391. The minimum absolute atomic E-state index is 0.0218. The number of carboxylic acids is 1. The van der Waals surface area contributed by atoms with E-state index in [1.54, 1.807) is 18.2 Å². The fourth-order valence-electron chi connectivity index (χ4n) is 3.61. The van der Waals surface area contributed by atoms with Gasteiger partial charge in [0.2, 0.25) is 5.91 Å². The van der Waals surface area contributed by atoms with Gasteiger partial charge in [0.1, 0.15) is 11.4 Å². The van der Waals surface area contributed by atoms with Crippen LogP contribution in [-0.4, -0.2) is 71.5 Å². The summed E-state index contributed by atoms with van der Waals surface area (Å²) in [5.41, 5.74) is 1.79. The molecule has 0 saturated carbocycles. The van der Waals surface area contributed by atoms with Gasteiger partial charge in [-0.05, 0) is 39.0 Å². The molecule has 1 aliphatic heterocycles. The number of aryl methyl sites for hydroxylation is 1. The zero-order valence-electron chi connectivity index (χ0n) is 18.6. The van der Waals surface area contributed by atoms with E-state index < -0.39 is 5.97 Å². The third-order valence-electron chi connectivity index (χ3n) is 5.12. The van der Waals surface area contributed by atoms with Crippen LogP contribution in [0.3, 0.4) is 0 Å². The van der Waals surface area contributed by atoms with Gasteiger partial charge >= 0.3 is 5.97 Å². The summed E-state index contributed by atoms with van der Waals surface area (Å²) in [5.74, 6) is -1.10. The molecule has 9 nitrogen and oxygen atoms in total.